The molecule has 1 aliphatic heterocycles. The van der Waals surface area contributed by atoms with Crippen LogP contribution in [0, 0.1) is 17.8 Å². The van der Waals surface area contributed by atoms with Crippen LogP contribution < -0.4 is 5.32 Å². The second-order valence-electron chi connectivity index (χ2n) is 6.49. The highest BCUT2D eigenvalue weighted by Gasteiger charge is 2.41. The largest absolute Gasteiger partial charge is 0.481 e. The van der Waals surface area contributed by atoms with E-state index in [-0.39, 0.29) is 11.8 Å². The number of carbonyl (C=O) groups is 2. The van der Waals surface area contributed by atoms with Gasteiger partial charge in [-0.3, -0.25) is 9.59 Å². The number of likely N-dealkylation sites (tertiary alicyclic amines) is 1. The zero-order chi connectivity index (χ0) is 15.2. The molecule has 0 aromatic rings. The van der Waals surface area contributed by atoms with Crippen LogP contribution in [0.5, 0.6) is 0 Å². The number of carboxylic acid groups (broad SMARTS) is 1. The molecule has 3 atom stereocenters. The highest BCUT2D eigenvalue weighted by molar-refractivity contribution is 5.85. The molecule has 0 bridgehead atoms. The molecule has 21 heavy (non-hydrogen) atoms. The van der Waals surface area contributed by atoms with Crippen LogP contribution in [0.3, 0.4) is 0 Å². The van der Waals surface area contributed by atoms with Crippen molar-refractivity contribution >= 4 is 11.9 Å². The number of hydrogen-bond donors (Lipinski definition) is 2. The van der Waals surface area contributed by atoms with Crippen molar-refractivity contribution in [2.24, 2.45) is 17.8 Å². The smallest absolute Gasteiger partial charge is 0.307 e. The van der Waals surface area contributed by atoms with Gasteiger partial charge in [0.05, 0.1) is 11.8 Å². The Kier molecular flexibility index (Phi) is 6.03. The maximum absolute atomic E-state index is 12.3. The molecule has 2 rings (SSSR count). The van der Waals surface area contributed by atoms with Crippen LogP contribution in [-0.2, 0) is 9.59 Å². The van der Waals surface area contributed by atoms with Gasteiger partial charge >= 0.3 is 5.97 Å². The zero-order valence-corrected chi connectivity index (χ0v) is 13.0. The Morgan fingerprint density at radius 2 is 1.81 bits per heavy atom. The second-order valence-corrected chi connectivity index (χ2v) is 6.49. The first-order chi connectivity index (χ1) is 10.1. The number of carbonyl (C=O) groups excluding carboxylic acids is 1. The van der Waals surface area contributed by atoms with Crippen molar-refractivity contribution in [1.82, 2.24) is 10.2 Å². The van der Waals surface area contributed by atoms with E-state index in [4.69, 9.17) is 0 Å². The van der Waals surface area contributed by atoms with Gasteiger partial charge in [0, 0.05) is 13.1 Å². The van der Waals surface area contributed by atoms with Crippen molar-refractivity contribution in [2.45, 2.75) is 45.4 Å². The molecule has 5 nitrogen and oxygen atoms in total. The summed E-state index contributed by atoms with van der Waals surface area (Å²) < 4.78 is 0. The normalized spacial score (nSPS) is 30.2. The molecule has 1 heterocycles. The molecule has 0 spiro atoms. The molecule has 0 aromatic heterocycles. The molecule has 1 amide bonds. The van der Waals surface area contributed by atoms with Gasteiger partial charge in [0.25, 0.3) is 0 Å². The van der Waals surface area contributed by atoms with E-state index in [0.717, 1.165) is 32.5 Å². The second kappa shape index (κ2) is 7.78. The summed E-state index contributed by atoms with van der Waals surface area (Å²) in [6.07, 6.45) is 6.13. The average Bonchev–Trinajstić information content (AvgIpc) is 2.93. The molecule has 1 saturated carbocycles. The zero-order valence-electron chi connectivity index (χ0n) is 13.0. The fraction of sp³-hybridized carbons (Fsp3) is 0.875. The quantitative estimate of drug-likeness (QED) is 0.783. The minimum Gasteiger partial charge on any atom is -0.481 e. The number of nitrogens with one attached hydrogen (secondary N) is 1. The monoisotopic (exact) mass is 296 g/mol. The lowest BCUT2D eigenvalue weighted by Gasteiger charge is -2.26. The van der Waals surface area contributed by atoms with Gasteiger partial charge in [-0.1, -0.05) is 19.8 Å². The maximum atomic E-state index is 12.3. The Bertz CT molecular complexity index is 367. The third kappa shape index (κ3) is 4.43. The summed E-state index contributed by atoms with van der Waals surface area (Å²) in [6.45, 7) is 5.83. The minimum atomic E-state index is -0.817. The molecule has 1 aliphatic carbocycles. The number of piperidine rings is 1. The van der Waals surface area contributed by atoms with Gasteiger partial charge < -0.3 is 15.3 Å². The summed E-state index contributed by atoms with van der Waals surface area (Å²) in [7, 11) is 0. The van der Waals surface area contributed by atoms with Gasteiger partial charge in [0.2, 0.25) is 5.91 Å². The third-order valence-corrected chi connectivity index (χ3v) is 5.07. The Hall–Kier alpha value is -1.10. The Balaban J connectivity index is 1.77. The molecule has 120 valence electrons. The van der Waals surface area contributed by atoms with Crippen molar-refractivity contribution in [1.29, 1.82) is 0 Å². The fourth-order valence-corrected chi connectivity index (χ4v) is 3.69. The van der Waals surface area contributed by atoms with E-state index in [1.54, 1.807) is 0 Å². The van der Waals surface area contributed by atoms with Gasteiger partial charge in [-0.2, -0.15) is 0 Å². The summed E-state index contributed by atoms with van der Waals surface area (Å²) in [5.74, 6) is -1.33. The molecular weight excluding hydrogens is 268 g/mol. The predicted octanol–water partition coefficient (Wildman–Crippen LogP) is 1.73. The first kappa shape index (κ1) is 16.3. The third-order valence-electron chi connectivity index (χ3n) is 5.07. The Morgan fingerprint density at radius 3 is 2.43 bits per heavy atom. The van der Waals surface area contributed by atoms with E-state index in [2.05, 4.69) is 17.1 Å². The molecule has 5 heteroatoms. The maximum Gasteiger partial charge on any atom is 0.307 e. The van der Waals surface area contributed by atoms with Gasteiger partial charge in [-0.05, 0) is 44.7 Å². The van der Waals surface area contributed by atoms with Crippen LogP contribution in [0.2, 0.25) is 0 Å². The first-order valence-corrected chi connectivity index (χ1v) is 8.34. The summed E-state index contributed by atoms with van der Waals surface area (Å²) in [4.78, 5) is 26.0. The van der Waals surface area contributed by atoms with Crippen LogP contribution >= 0.6 is 0 Å². The average molecular weight is 296 g/mol. The van der Waals surface area contributed by atoms with E-state index >= 15 is 0 Å². The first-order valence-electron chi connectivity index (χ1n) is 8.34. The summed E-state index contributed by atoms with van der Waals surface area (Å²) in [6, 6.07) is 0. The van der Waals surface area contributed by atoms with Gasteiger partial charge in [-0.25, -0.2) is 0 Å². The van der Waals surface area contributed by atoms with Crippen molar-refractivity contribution in [3.05, 3.63) is 0 Å². The lowest BCUT2D eigenvalue weighted by Crippen LogP contribution is -2.41. The Morgan fingerprint density at radius 1 is 1.14 bits per heavy atom. The standard InChI is InChI=1S/C16H28N2O3/c1-2-12-10-13(14(11-12)16(20)21)15(19)17-6-9-18-7-4-3-5-8-18/h12-14H,2-11H2,1H3,(H,17,19)(H,20,21)/t12?,13-,14+/m0/s1. The molecule has 0 radical (unpaired) electrons. The molecular formula is C16H28N2O3. The molecule has 2 fully saturated rings. The van der Waals surface area contributed by atoms with E-state index < -0.39 is 11.9 Å². The topological polar surface area (TPSA) is 69.6 Å². The molecule has 0 aromatic carbocycles. The molecule has 1 saturated heterocycles. The summed E-state index contributed by atoms with van der Waals surface area (Å²) >= 11 is 0. The summed E-state index contributed by atoms with van der Waals surface area (Å²) in [5.41, 5.74) is 0. The fourth-order valence-electron chi connectivity index (χ4n) is 3.69. The van der Waals surface area contributed by atoms with Crippen molar-refractivity contribution in [3.63, 3.8) is 0 Å². The van der Waals surface area contributed by atoms with E-state index in [9.17, 15) is 14.7 Å². The van der Waals surface area contributed by atoms with Gasteiger partial charge in [-0.15, -0.1) is 0 Å². The number of rotatable bonds is 6. The SMILES string of the molecule is CCC1C[C@H](C(=O)NCCN2CCCCC2)[C@H](C(=O)O)C1. The van der Waals surface area contributed by atoms with E-state index in [0.29, 0.717) is 18.9 Å². The molecule has 1 unspecified atom stereocenters. The molecule has 2 N–H and O–H groups in total. The number of aliphatic carboxylic acids is 1. The van der Waals surface area contributed by atoms with E-state index in [1.807, 2.05) is 0 Å². The minimum absolute atomic E-state index is 0.0599. The highest BCUT2D eigenvalue weighted by Crippen LogP contribution is 2.38. The van der Waals surface area contributed by atoms with Crippen LogP contribution in [-0.4, -0.2) is 48.1 Å². The van der Waals surface area contributed by atoms with Crippen molar-refractivity contribution in [3.8, 4) is 0 Å². The lowest BCUT2D eigenvalue weighted by molar-refractivity contribution is -0.146. The number of hydrogen-bond acceptors (Lipinski definition) is 3. The van der Waals surface area contributed by atoms with Gasteiger partial charge in [0.15, 0.2) is 0 Å². The van der Waals surface area contributed by atoms with Crippen LogP contribution in [0.15, 0.2) is 0 Å². The predicted molar refractivity (Wildman–Crippen MR) is 80.9 cm³/mol. The Labute approximate surface area is 127 Å². The number of carboxylic acids is 1. The van der Waals surface area contributed by atoms with Crippen LogP contribution in [0.4, 0.5) is 0 Å². The van der Waals surface area contributed by atoms with Crippen molar-refractivity contribution in [2.75, 3.05) is 26.2 Å². The number of amides is 1. The lowest BCUT2D eigenvalue weighted by atomic mass is 9.95. The van der Waals surface area contributed by atoms with Crippen LogP contribution in [0.1, 0.15) is 45.4 Å². The molecule has 2 aliphatic rings. The highest BCUT2D eigenvalue weighted by atomic mass is 16.4. The number of nitrogens with zero attached hydrogens (tertiary/aromatic N) is 1. The summed E-state index contributed by atoms with van der Waals surface area (Å²) in [5, 5.41) is 12.2. The van der Waals surface area contributed by atoms with Crippen molar-refractivity contribution < 1.29 is 14.7 Å². The van der Waals surface area contributed by atoms with Gasteiger partial charge in [0.1, 0.15) is 0 Å². The van der Waals surface area contributed by atoms with E-state index in [1.165, 1.54) is 19.3 Å². The van der Waals surface area contributed by atoms with Crippen LogP contribution in [0.25, 0.3) is 0 Å².